The van der Waals surface area contributed by atoms with E-state index in [-0.39, 0.29) is 6.10 Å². The van der Waals surface area contributed by atoms with Gasteiger partial charge >= 0.3 is 6.09 Å². The monoisotopic (exact) mass is 210 g/mol. The van der Waals surface area contributed by atoms with Gasteiger partial charge in [-0.25, -0.2) is 4.79 Å². The maximum Gasteiger partial charge on any atom is 0.405 e. The molecule has 0 aromatic heterocycles. The summed E-state index contributed by atoms with van der Waals surface area (Å²) in [6.45, 7) is 7.95. The number of hydrogen-bond donors (Lipinski definition) is 2. The lowest BCUT2D eigenvalue weighted by Gasteiger charge is -2.17. The molecular formula is C11H18N2O2. The second kappa shape index (κ2) is 7.82. The van der Waals surface area contributed by atoms with Crippen LogP contribution in [0.3, 0.4) is 0 Å². The van der Waals surface area contributed by atoms with Crippen LogP contribution in [0, 0.1) is 0 Å². The first-order valence-corrected chi connectivity index (χ1v) is 4.71. The van der Waals surface area contributed by atoms with Gasteiger partial charge in [-0.05, 0) is 19.2 Å². The van der Waals surface area contributed by atoms with Crippen molar-refractivity contribution in [1.29, 1.82) is 0 Å². The van der Waals surface area contributed by atoms with Crippen molar-refractivity contribution in [3.8, 4) is 0 Å². The van der Waals surface area contributed by atoms with Crippen molar-refractivity contribution in [3.05, 3.63) is 37.0 Å². The Morgan fingerprint density at radius 2 is 2.27 bits per heavy atom. The first kappa shape index (κ1) is 13.4. The van der Waals surface area contributed by atoms with Crippen LogP contribution in [0.1, 0.15) is 6.42 Å². The van der Waals surface area contributed by atoms with E-state index in [0.29, 0.717) is 6.42 Å². The number of primary amides is 1. The lowest BCUT2D eigenvalue weighted by molar-refractivity contribution is 0.121. The van der Waals surface area contributed by atoms with Gasteiger partial charge in [0.1, 0.15) is 6.10 Å². The molecule has 0 aliphatic carbocycles. The summed E-state index contributed by atoms with van der Waals surface area (Å²) < 4.78 is 4.97. The van der Waals surface area contributed by atoms with Crippen LogP contribution in [0.2, 0.25) is 0 Å². The van der Waals surface area contributed by atoms with Gasteiger partial charge in [-0.15, -0.1) is 0 Å². The van der Waals surface area contributed by atoms with Gasteiger partial charge in [-0.1, -0.05) is 31.4 Å². The normalized spacial score (nSPS) is 13.0. The van der Waals surface area contributed by atoms with E-state index in [1.165, 1.54) is 0 Å². The smallest absolute Gasteiger partial charge is 0.405 e. The predicted octanol–water partition coefficient (Wildman–Crippen LogP) is 1.36. The molecule has 4 heteroatoms. The fourth-order valence-corrected chi connectivity index (χ4v) is 1.15. The molecule has 3 N–H and O–H groups in total. The molecule has 0 rings (SSSR count). The molecular weight excluding hydrogens is 192 g/mol. The molecule has 0 aliphatic rings. The van der Waals surface area contributed by atoms with Gasteiger partial charge in [-0.2, -0.15) is 0 Å². The average molecular weight is 210 g/mol. The zero-order valence-corrected chi connectivity index (χ0v) is 9.03. The topological polar surface area (TPSA) is 64.3 Å². The van der Waals surface area contributed by atoms with Crippen molar-refractivity contribution in [3.63, 3.8) is 0 Å². The van der Waals surface area contributed by atoms with E-state index in [1.807, 2.05) is 7.05 Å². The summed E-state index contributed by atoms with van der Waals surface area (Å²) >= 11 is 0. The van der Waals surface area contributed by atoms with Crippen LogP contribution in [-0.4, -0.2) is 25.8 Å². The summed E-state index contributed by atoms with van der Waals surface area (Å²) in [4.78, 5) is 10.7. The Hall–Kier alpha value is -1.55. The minimum atomic E-state index is -0.784. The second-order valence-corrected chi connectivity index (χ2v) is 2.92. The quantitative estimate of drug-likeness (QED) is 0.623. The molecule has 4 nitrogen and oxygen atoms in total. The minimum absolute atomic E-state index is 0.370. The van der Waals surface area contributed by atoms with Gasteiger partial charge < -0.3 is 15.8 Å². The molecule has 0 aromatic rings. The number of carbonyl (C=O) groups is 1. The largest absolute Gasteiger partial charge is 0.441 e. The van der Waals surface area contributed by atoms with Gasteiger partial charge in [0.25, 0.3) is 0 Å². The van der Waals surface area contributed by atoms with Gasteiger partial charge in [0.15, 0.2) is 0 Å². The molecule has 0 aliphatic heterocycles. The number of carbonyl (C=O) groups excluding carboxylic acids is 1. The Kier molecular flexibility index (Phi) is 7.01. The molecule has 84 valence electrons. The Morgan fingerprint density at radius 3 is 2.67 bits per heavy atom. The van der Waals surface area contributed by atoms with Gasteiger partial charge in [0, 0.05) is 6.42 Å². The summed E-state index contributed by atoms with van der Waals surface area (Å²) in [6.07, 6.45) is 4.48. The van der Waals surface area contributed by atoms with Crippen LogP contribution in [0.4, 0.5) is 4.79 Å². The SMILES string of the molecule is C=C/C=C(\C=C)C(CCNC)OC(N)=O. The maximum atomic E-state index is 10.7. The Morgan fingerprint density at radius 1 is 1.60 bits per heavy atom. The third kappa shape index (κ3) is 5.70. The average Bonchev–Trinajstić information content (AvgIpc) is 2.20. The summed E-state index contributed by atoms with van der Waals surface area (Å²) in [5, 5.41) is 2.97. The van der Waals surface area contributed by atoms with Gasteiger partial charge in [0.05, 0.1) is 0 Å². The highest BCUT2D eigenvalue weighted by Crippen LogP contribution is 2.12. The van der Waals surface area contributed by atoms with Crippen LogP contribution in [0.25, 0.3) is 0 Å². The summed E-state index contributed by atoms with van der Waals surface area (Å²) in [7, 11) is 1.83. The number of nitrogens with two attached hydrogens (primary N) is 1. The van der Waals surface area contributed by atoms with Crippen molar-refractivity contribution in [2.45, 2.75) is 12.5 Å². The van der Waals surface area contributed by atoms with Crippen molar-refractivity contribution in [1.82, 2.24) is 5.32 Å². The third-order valence-electron chi connectivity index (χ3n) is 1.83. The molecule has 0 radical (unpaired) electrons. The molecule has 0 fully saturated rings. The highest BCUT2D eigenvalue weighted by Gasteiger charge is 2.14. The standard InChI is InChI=1S/C11H18N2O2/c1-4-6-9(5-2)10(7-8-13-3)15-11(12)14/h4-6,10,13H,1-2,7-8H2,3H3,(H2,12,14)/b9-6+. The van der Waals surface area contributed by atoms with E-state index in [2.05, 4.69) is 18.5 Å². The highest BCUT2D eigenvalue weighted by molar-refractivity contribution is 5.65. The van der Waals surface area contributed by atoms with Crippen LogP contribution in [0.15, 0.2) is 37.0 Å². The minimum Gasteiger partial charge on any atom is -0.441 e. The fourth-order valence-electron chi connectivity index (χ4n) is 1.15. The summed E-state index contributed by atoms with van der Waals surface area (Å²) in [5.74, 6) is 0. The van der Waals surface area contributed by atoms with Crippen molar-refractivity contribution in [2.75, 3.05) is 13.6 Å². The van der Waals surface area contributed by atoms with Gasteiger partial charge in [-0.3, -0.25) is 0 Å². The number of nitrogens with one attached hydrogen (secondary N) is 1. The molecule has 1 amide bonds. The van der Waals surface area contributed by atoms with E-state index in [4.69, 9.17) is 10.5 Å². The number of hydrogen-bond acceptors (Lipinski definition) is 3. The van der Waals surface area contributed by atoms with E-state index >= 15 is 0 Å². The molecule has 0 saturated heterocycles. The zero-order chi connectivity index (χ0) is 11.7. The van der Waals surface area contributed by atoms with Crippen LogP contribution < -0.4 is 11.1 Å². The van der Waals surface area contributed by atoms with Crippen molar-refractivity contribution >= 4 is 6.09 Å². The molecule has 0 saturated carbocycles. The van der Waals surface area contributed by atoms with Crippen molar-refractivity contribution in [2.24, 2.45) is 5.73 Å². The number of allylic oxidation sites excluding steroid dienone is 2. The second-order valence-electron chi connectivity index (χ2n) is 2.92. The summed E-state index contributed by atoms with van der Waals surface area (Å²) in [6, 6.07) is 0. The first-order chi connectivity index (χ1) is 7.15. The van der Waals surface area contributed by atoms with Crippen LogP contribution >= 0.6 is 0 Å². The van der Waals surface area contributed by atoms with Crippen LogP contribution in [-0.2, 0) is 4.74 Å². The Bertz CT molecular complexity index is 259. The number of ether oxygens (including phenoxy) is 1. The molecule has 15 heavy (non-hydrogen) atoms. The van der Waals surface area contributed by atoms with Crippen molar-refractivity contribution < 1.29 is 9.53 Å². The lowest BCUT2D eigenvalue weighted by atomic mass is 10.1. The first-order valence-electron chi connectivity index (χ1n) is 4.71. The molecule has 0 aromatic carbocycles. The third-order valence-corrected chi connectivity index (χ3v) is 1.83. The molecule has 1 atom stereocenters. The van der Waals surface area contributed by atoms with E-state index in [0.717, 1.165) is 12.1 Å². The maximum absolute atomic E-state index is 10.7. The summed E-state index contributed by atoms with van der Waals surface area (Å²) in [5.41, 5.74) is 5.78. The zero-order valence-electron chi connectivity index (χ0n) is 9.03. The Balaban J connectivity index is 4.56. The van der Waals surface area contributed by atoms with Crippen LogP contribution in [0.5, 0.6) is 0 Å². The Labute approximate surface area is 90.5 Å². The van der Waals surface area contributed by atoms with Gasteiger partial charge in [0.2, 0.25) is 0 Å². The molecule has 0 spiro atoms. The molecule has 0 heterocycles. The predicted molar refractivity (Wildman–Crippen MR) is 61.5 cm³/mol. The highest BCUT2D eigenvalue weighted by atomic mass is 16.6. The number of amides is 1. The lowest BCUT2D eigenvalue weighted by Crippen LogP contribution is -2.27. The molecule has 1 unspecified atom stereocenters. The van der Waals surface area contributed by atoms with E-state index < -0.39 is 6.09 Å². The number of rotatable bonds is 7. The molecule has 0 bridgehead atoms. The van der Waals surface area contributed by atoms with E-state index in [1.54, 1.807) is 18.2 Å². The fraction of sp³-hybridized carbons (Fsp3) is 0.364. The van der Waals surface area contributed by atoms with E-state index in [9.17, 15) is 4.79 Å².